The van der Waals surface area contributed by atoms with Gasteiger partial charge in [0, 0.05) is 11.1 Å². The van der Waals surface area contributed by atoms with Gasteiger partial charge < -0.3 is 14.8 Å². The molecule has 140 valence electrons. The molecule has 0 radical (unpaired) electrons. The molecule has 0 aliphatic carbocycles. The first-order valence-corrected chi connectivity index (χ1v) is 8.73. The molecule has 0 bridgehead atoms. The van der Waals surface area contributed by atoms with Crippen LogP contribution >= 0.6 is 23.2 Å². The maximum absolute atomic E-state index is 12.8. The number of aromatic nitrogens is 2. The van der Waals surface area contributed by atoms with Crippen LogP contribution in [0.15, 0.2) is 42.6 Å². The van der Waals surface area contributed by atoms with Crippen LogP contribution in [0.2, 0.25) is 10.0 Å². The molecule has 0 aliphatic rings. The van der Waals surface area contributed by atoms with Gasteiger partial charge in [-0.1, -0.05) is 23.2 Å². The molecular formula is C19H17Cl2N3O3. The fraction of sp³-hybridized carbons (Fsp3) is 0.158. The highest BCUT2D eigenvalue weighted by Crippen LogP contribution is 2.36. The van der Waals surface area contributed by atoms with E-state index in [2.05, 4.69) is 10.4 Å². The minimum Gasteiger partial charge on any atom is -0.495 e. The molecule has 0 aliphatic heterocycles. The van der Waals surface area contributed by atoms with E-state index in [4.69, 9.17) is 32.7 Å². The van der Waals surface area contributed by atoms with Crippen molar-refractivity contribution in [1.29, 1.82) is 0 Å². The lowest BCUT2D eigenvalue weighted by Crippen LogP contribution is -2.14. The second kappa shape index (κ2) is 7.90. The van der Waals surface area contributed by atoms with Crippen LogP contribution in [0.1, 0.15) is 16.1 Å². The van der Waals surface area contributed by atoms with Crippen molar-refractivity contribution < 1.29 is 14.3 Å². The third-order valence-corrected chi connectivity index (χ3v) is 4.60. The normalized spacial score (nSPS) is 10.6. The van der Waals surface area contributed by atoms with Crippen molar-refractivity contribution in [3.05, 3.63) is 63.9 Å². The molecule has 0 spiro atoms. The highest BCUT2D eigenvalue weighted by atomic mass is 35.5. The molecule has 2 aromatic carbocycles. The summed E-state index contributed by atoms with van der Waals surface area (Å²) >= 11 is 12.1. The number of amides is 1. The Morgan fingerprint density at radius 2 is 1.74 bits per heavy atom. The van der Waals surface area contributed by atoms with Crippen molar-refractivity contribution in [2.45, 2.75) is 6.92 Å². The lowest BCUT2D eigenvalue weighted by atomic mass is 10.2. The summed E-state index contributed by atoms with van der Waals surface area (Å²) < 4.78 is 12.1. The third kappa shape index (κ3) is 3.86. The number of anilines is 1. The lowest BCUT2D eigenvalue weighted by molar-refractivity contribution is 0.102. The average molecular weight is 406 g/mol. The first-order chi connectivity index (χ1) is 12.9. The van der Waals surface area contributed by atoms with Gasteiger partial charge in [-0.05, 0) is 37.3 Å². The highest BCUT2D eigenvalue weighted by molar-refractivity contribution is 6.32. The summed E-state index contributed by atoms with van der Waals surface area (Å²) in [5.74, 6) is 0.567. The fourth-order valence-corrected chi connectivity index (χ4v) is 2.99. The number of halogens is 2. The topological polar surface area (TPSA) is 65.4 Å². The van der Waals surface area contributed by atoms with E-state index in [0.717, 1.165) is 5.69 Å². The number of methoxy groups -OCH3 is 2. The maximum atomic E-state index is 12.8. The van der Waals surface area contributed by atoms with Crippen molar-refractivity contribution in [2.75, 3.05) is 19.5 Å². The number of nitrogens with one attached hydrogen (secondary N) is 1. The molecule has 3 aromatic rings. The van der Waals surface area contributed by atoms with Crippen LogP contribution in [0.4, 0.5) is 5.69 Å². The van der Waals surface area contributed by atoms with Gasteiger partial charge in [-0.3, -0.25) is 4.79 Å². The lowest BCUT2D eigenvalue weighted by Gasteiger charge is -2.13. The van der Waals surface area contributed by atoms with Crippen LogP contribution in [0.3, 0.4) is 0 Å². The van der Waals surface area contributed by atoms with Crippen LogP contribution in [0.5, 0.6) is 11.5 Å². The predicted octanol–water partition coefficient (Wildman–Crippen LogP) is 4.76. The molecule has 1 aromatic heterocycles. The monoisotopic (exact) mass is 405 g/mol. The Bertz CT molecular complexity index is 985. The summed E-state index contributed by atoms with van der Waals surface area (Å²) in [6.07, 6.45) is 1.51. The number of carbonyl (C=O) groups is 1. The summed E-state index contributed by atoms with van der Waals surface area (Å²) in [5.41, 5.74) is 2.36. The predicted molar refractivity (Wildman–Crippen MR) is 106 cm³/mol. The van der Waals surface area contributed by atoms with Gasteiger partial charge in [-0.2, -0.15) is 5.10 Å². The van der Waals surface area contributed by atoms with Crippen molar-refractivity contribution >= 4 is 34.8 Å². The van der Waals surface area contributed by atoms with Crippen molar-refractivity contribution in [1.82, 2.24) is 9.78 Å². The maximum Gasteiger partial charge on any atom is 0.259 e. The second-order valence-corrected chi connectivity index (χ2v) is 6.52. The Hall–Kier alpha value is -2.70. The van der Waals surface area contributed by atoms with Crippen molar-refractivity contribution in [3.8, 4) is 17.2 Å². The van der Waals surface area contributed by atoms with Gasteiger partial charge in [-0.25, -0.2) is 4.68 Å². The van der Waals surface area contributed by atoms with Crippen molar-refractivity contribution in [2.24, 2.45) is 0 Å². The summed E-state index contributed by atoms with van der Waals surface area (Å²) in [4.78, 5) is 12.8. The van der Waals surface area contributed by atoms with Gasteiger partial charge in [0.15, 0.2) is 0 Å². The Balaban J connectivity index is 1.89. The first-order valence-electron chi connectivity index (χ1n) is 7.98. The summed E-state index contributed by atoms with van der Waals surface area (Å²) in [6, 6.07) is 10.4. The van der Waals surface area contributed by atoms with E-state index in [1.165, 1.54) is 20.4 Å². The molecule has 1 heterocycles. The van der Waals surface area contributed by atoms with Gasteiger partial charge in [0.05, 0.1) is 48.1 Å². The first kappa shape index (κ1) is 19.1. The van der Waals surface area contributed by atoms with Gasteiger partial charge in [0.2, 0.25) is 0 Å². The smallest absolute Gasteiger partial charge is 0.259 e. The van der Waals surface area contributed by atoms with E-state index < -0.39 is 0 Å². The zero-order valence-electron chi connectivity index (χ0n) is 14.9. The van der Waals surface area contributed by atoms with Gasteiger partial charge in [-0.15, -0.1) is 0 Å². The molecule has 0 fully saturated rings. The Morgan fingerprint density at radius 1 is 1.07 bits per heavy atom. The number of rotatable bonds is 5. The number of benzene rings is 2. The van der Waals surface area contributed by atoms with Gasteiger partial charge >= 0.3 is 0 Å². The van der Waals surface area contributed by atoms with Gasteiger partial charge in [0.1, 0.15) is 11.5 Å². The number of carbonyl (C=O) groups excluding carboxylic acids is 1. The average Bonchev–Trinajstić information content (AvgIpc) is 3.04. The SMILES string of the molecule is COc1cc(OC)c(NC(=O)c2cnn(-c3ccc(Cl)cc3)c2C)cc1Cl. The molecule has 0 saturated carbocycles. The summed E-state index contributed by atoms with van der Waals surface area (Å²) in [7, 11) is 3.01. The Labute approximate surface area is 166 Å². The number of nitrogens with zero attached hydrogens (tertiary/aromatic N) is 2. The van der Waals surface area contributed by atoms with Crippen LogP contribution in [0, 0.1) is 6.92 Å². The van der Waals surface area contributed by atoms with E-state index in [0.29, 0.717) is 38.5 Å². The van der Waals surface area contributed by atoms with E-state index in [1.807, 2.05) is 19.1 Å². The summed E-state index contributed by atoms with van der Waals surface area (Å²) in [5, 5.41) is 8.10. The van der Waals surface area contributed by atoms with E-state index >= 15 is 0 Å². The standard InChI is InChI=1S/C19H17Cl2N3O3/c1-11-14(10-22-24(11)13-6-4-12(20)5-7-13)19(25)23-16-8-15(21)17(26-2)9-18(16)27-3/h4-10H,1-3H3,(H,23,25). The Morgan fingerprint density at radius 3 is 2.37 bits per heavy atom. The van der Waals surface area contributed by atoms with Crippen LogP contribution in [0.25, 0.3) is 5.69 Å². The molecule has 8 heteroatoms. The van der Waals surface area contributed by atoms with E-state index in [-0.39, 0.29) is 5.91 Å². The zero-order chi connectivity index (χ0) is 19.6. The third-order valence-electron chi connectivity index (χ3n) is 4.05. The Kier molecular flexibility index (Phi) is 5.58. The highest BCUT2D eigenvalue weighted by Gasteiger charge is 2.18. The molecule has 0 saturated heterocycles. The molecule has 0 unspecified atom stereocenters. The molecule has 3 rings (SSSR count). The molecule has 1 N–H and O–H groups in total. The van der Waals surface area contributed by atoms with E-state index in [1.54, 1.807) is 28.9 Å². The summed E-state index contributed by atoms with van der Waals surface area (Å²) in [6.45, 7) is 1.81. The number of hydrogen-bond donors (Lipinski definition) is 1. The van der Waals surface area contributed by atoms with Crippen molar-refractivity contribution in [3.63, 3.8) is 0 Å². The molecule has 0 atom stereocenters. The number of hydrogen-bond acceptors (Lipinski definition) is 4. The molecule has 6 nitrogen and oxygen atoms in total. The van der Waals surface area contributed by atoms with Crippen LogP contribution in [-0.2, 0) is 0 Å². The van der Waals surface area contributed by atoms with E-state index in [9.17, 15) is 4.79 Å². The van der Waals surface area contributed by atoms with Crippen LogP contribution in [-0.4, -0.2) is 29.9 Å². The molecule has 27 heavy (non-hydrogen) atoms. The minimum atomic E-state index is -0.327. The van der Waals surface area contributed by atoms with Crippen LogP contribution < -0.4 is 14.8 Å². The van der Waals surface area contributed by atoms with Gasteiger partial charge in [0.25, 0.3) is 5.91 Å². The molecule has 1 amide bonds. The fourth-order valence-electron chi connectivity index (χ4n) is 2.62. The largest absolute Gasteiger partial charge is 0.495 e. The molecular weight excluding hydrogens is 389 g/mol. The quantitative estimate of drug-likeness (QED) is 0.664. The minimum absolute atomic E-state index is 0.327. The number of ether oxygens (including phenoxy) is 2. The zero-order valence-corrected chi connectivity index (χ0v) is 16.4. The second-order valence-electron chi connectivity index (χ2n) is 5.67.